The van der Waals surface area contributed by atoms with Crippen LogP contribution in [0.2, 0.25) is 0 Å². The molecule has 0 aliphatic carbocycles. The zero-order valence-electron chi connectivity index (χ0n) is 12.2. The molecule has 3 N–H and O–H groups in total. The summed E-state index contributed by atoms with van der Waals surface area (Å²) >= 11 is 4.64. The molecule has 2 rings (SSSR count). The molecule has 1 saturated heterocycles. The summed E-state index contributed by atoms with van der Waals surface area (Å²) < 4.78 is 0. The molecule has 0 bridgehead atoms. The van der Waals surface area contributed by atoms with Gasteiger partial charge in [0.2, 0.25) is 0 Å². The molecular weight excluding hydrogens is 302 g/mol. The second kappa shape index (κ2) is 7.69. The lowest BCUT2D eigenvalue weighted by atomic mass is 10.1. The fourth-order valence-corrected chi connectivity index (χ4v) is 2.57. The van der Waals surface area contributed by atoms with Gasteiger partial charge in [0, 0.05) is 24.7 Å². The van der Waals surface area contributed by atoms with Crippen LogP contribution in [0.5, 0.6) is 0 Å². The second-order valence-corrected chi connectivity index (χ2v) is 5.58. The average molecular weight is 321 g/mol. The van der Waals surface area contributed by atoms with E-state index in [-0.39, 0.29) is 15.7 Å². The molecule has 7 nitrogen and oxygen atoms in total. The first-order chi connectivity index (χ1) is 10.6. The molecule has 22 heavy (non-hydrogen) atoms. The van der Waals surface area contributed by atoms with Crippen molar-refractivity contribution in [3.63, 3.8) is 0 Å². The molecular formula is C14H19N5O2S. The minimum Gasteiger partial charge on any atom is -0.375 e. The molecule has 1 aromatic rings. The van der Waals surface area contributed by atoms with Gasteiger partial charge in [0.25, 0.3) is 5.69 Å². The lowest BCUT2D eigenvalue weighted by Crippen LogP contribution is -2.25. The minimum atomic E-state index is -0.349. The van der Waals surface area contributed by atoms with Crippen LogP contribution in [0.4, 0.5) is 11.4 Å². The molecule has 118 valence electrons. The highest BCUT2D eigenvalue weighted by atomic mass is 32.1. The fourth-order valence-electron chi connectivity index (χ4n) is 2.52. The number of hydrogen-bond donors (Lipinski definition) is 2. The molecule has 0 atom stereocenters. The molecule has 1 heterocycles. The number of benzene rings is 1. The summed E-state index contributed by atoms with van der Waals surface area (Å²) in [6, 6.07) is 5.11. The number of nitro benzene ring substituents is 1. The van der Waals surface area contributed by atoms with Gasteiger partial charge in [-0.3, -0.25) is 15.5 Å². The van der Waals surface area contributed by atoms with Crippen LogP contribution >= 0.6 is 12.2 Å². The Morgan fingerprint density at radius 1 is 1.36 bits per heavy atom. The Labute approximate surface area is 134 Å². The van der Waals surface area contributed by atoms with Crippen molar-refractivity contribution >= 4 is 34.9 Å². The quantitative estimate of drug-likeness (QED) is 0.382. The third-order valence-corrected chi connectivity index (χ3v) is 3.62. The lowest BCUT2D eigenvalue weighted by molar-refractivity contribution is -0.384. The monoisotopic (exact) mass is 321 g/mol. The Morgan fingerprint density at radius 3 is 2.64 bits per heavy atom. The van der Waals surface area contributed by atoms with Crippen molar-refractivity contribution in [1.82, 2.24) is 5.43 Å². The van der Waals surface area contributed by atoms with Gasteiger partial charge < -0.3 is 10.6 Å². The fraction of sp³-hybridized carbons (Fsp3) is 0.429. The standard InChI is InChI=1S/C14H19N5O2S/c15-14(22)17-16-10-11-5-6-12(13(9-11)19(20)21)18-7-3-1-2-4-8-18/h5-6,9-10H,1-4,7-8H2,(H3,15,17,22). The van der Waals surface area contributed by atoms with E-state index in [1.807, 2.05) is 0 Å². The molecule has 8 heteroatoms. The highest BCUT2D eigenvalue weighted by Crippen LogP contribution is 2.30. The summed E-state index contributed by atoms with van der Waals surface area (Å²) in [5, 5.41) is 15.2. The van der Waals surface area contributed by atoms with Crippen LogP contribution in [0, 0.1) is 10.1 Å². The molecule has 0 aromatic heterocycles. The van der Waals surface area contributed by atoms with E-state index >= 15 is 0 Å². The minimum absolute atomic E-state index is 0.0481. The van der Waals surface area contributed by atoms with Crippen LogP contribution in [-0.2, 0) is 0 Å². The van der Waals surface area contributed by atoms with Gasteiger partial charge in [0.15, 0.2) is 5.11 Å². The Hall–Kier alpha value is -2.22. The van der Waals surface area contributed by atoms with Gasteiger partial charge >= 0.3 is 0 Å². The molecule has 0 radical (unpaired) electrons. The first-order valence-corrected chi connectivity index (χ1v) is 7.60. The van der Waals surface area contributed by atoms with E-state index in [2.05, 4.69) is 27.6 Å². The van der Waals surface area contributed by atoms with Crippen molar-refractivity contribution in [2.24, 2.45) is 10.8 Å². The van der Waals surface area contributed by atoms with E-state index in [0.717, 1.165) is 25.9 Å². The molecule has 1 aliphatic rings. The number of nitrogens with two attached hydrogens (primary N) is 1. The number of hydrogen-bond acceptors (Lipinski definition) is 5. The van der Waals surface area contributed by atoms with Crippen LogP contribution in [0.1, 0.15) is 31.2 Å². The number of nitrogens with one attached hydrogen (secondary N) is 1. The summed E-state index contributed by atoms with van der Waals surface area (Å²) in [7, 11) is 0. The van der Waals surface area contributed by atoms with Crippen molar-refractivity contribution in [3.8, 4) is 0 Å². The molecule has 0 unspecified atom stereocenters. The highest BCUT2D eigenvalue weighted by molar-refractivity contribution is 7.80. The smallest absolute Gasteiger partial charge is 0.293 e. The summed E-state index contributed by atoms with van der Waals surface area (Å²) in [5.74, 6) is 0. The molecule has 0 spiro atoms. The van der Waals surface area contributed by atoms with Crippen LogP contribution in [0.15, 0.2) is 23.3 Å². The van der Waals surface area contributed by atoms with E-state index in [4.69, 9.17) is 5.73 Å². The van der Waals surface area contributed by atoms with Crippen molar-refractivity contribution < 1.29 is 4.92 Å². The third-order valence-electron chi connectivity index (χ3n) is 3.53. The maximum atomic E-state index is 11.4. The Kier molecular flexibility index (Phi) is 5.65. The third kappa shape index (κ3) is 4.39. The second-order valence-electron chi connectivity index (χ2n) is 5.14. The first kappa shape index (κ1) is 16.2. The van der Waals surface area contributed by atoms with E-state index in [9.17, 15) is 10.1 Å². The topological polar surface area (TPSA) is 96.8 Å². The van der Waals surface area contributed by atoms with Crippen molar-refractivity contribution in [3.05, 3.63) is 33.9 Å². The number of hydrazone groups is 1. The van der Waals surface area contributed by atoms with Gasteiger partial charge in [0.05, 0.1) is 11.1 Å². The van der Waals surface area contributed by atoms with Gasteiger partial charge in [0.1, 0.15) is 5.69 Å². The summed E-state index contributed by atoms with van der Waals surface area (Å²) in [5.41, 5.74) is 9.08. The van der Waals surface area contributed by atoms with Crippen molar-refractivity contribution in [1.29, 1.82) is 0 Å². The predicted octanol–water partition coefficient (Wildman–Crippen LogP) is 2.14. The van der Waals surface area contributed by atoms with Crippen LogP contribution in [-0.4, -0.2) is 29.3 Å². The van der Waals surface area contributed by atoms with E-state index in [1.165, 1.54) is 25.1 Å². The van der Waals surface area contributed by atoms with Gasteiger partial charge in [-0.2, -0.15) is 5.10 Å². The van der Waals surface area contributed by atoms with Crippen LogP contribution in [0.3, 0.4) is 0 Å². The zero-order chi connectivity index (χ0) is 15.9. The largest absolute Gasteiger partial charge is 0.375 e. The average Bonchev–Trinajstić information content (AvgIpc) is 2.75. The Bertz CT molecular complexity index is 583. The predicted molar refractivity (Wildman–Crippen MR) is 91.3 cm³/mol. The highest BCUT2D eigenvalue weighted by Gasteiger charge is 2.20. The normalized spacial score (nSPS) is 15.5. The van der Waals surface area contributed by atoms with E-state index < -0.39 is 0 Å². The number of anilines is 1. The summed E-state index contributed by atoms with van der Waals surface area (Å²) in [6.07, 6.45) is 5.95. The van der Waals surface area contributed by atoms with Crippen LogP contribution < -0.4 is 16.1 Å². The zero-order valence-corrected chi connectivity index (χ0v) is 13.0. The molecule has 0 amide bonds. The van der Waals surface area contributed by atoms with Gasteiger partial charge in [-0.15, -0.1) is 0 Å². The van der Waals surface area contributed by atoms with E-state index in [1.54, 1.807) is 12.1 Å². The SMILES string of the molecule is NC(=S)NN=Cc1ccc(N2CCCCCC2)c([N+](=O)[O-])c1. The molecule has 1 aromatic carbocycles. The van der Waals surface area contributed by atoms with Crippen molar-refractivity contribution in [2.45, 2.75) is 25.7 Å². The van der Waals surface area contributed by atoms with Crippen molar-refractivity contribution in [2.75, 3.05) is 18.0 Å². The van der Waals surface area contributed by atoms with Gasteiger partial charge in [-0.05, 0) is 31.1 Å². The Balaban J connectivity index is 2.24. The lowest BCUT2D eigenvalue weighted by Gasteiger charge is -2.22. The summed E-state index contributed by atoms with van der Waals surface area (Å²) in [6.45, 7) is 1.72. The number of rotatable bonds is 4. The number of thiocarbonyl (C=S) groups is 1. The van der Waals surface area contributed by atoms with Gasteiger partial charge in [-0.1, -0.05) is 18.9 Å². The van der Waals surface area contributed by atoms with E-state index in [0.29, 0.717) is 11.3 Å². The first-order valence-electron chi connectivity index (χ1n) is 7.20. The number of nitrogens with zero attached hydrogens (tertiary/aromatic N) is 3. The maximum Gasteiger partial charge on any atom is 0.293 e. The molecule has 1 fully saturated rings. The molecule has 0 saturated carbocycles. The number of nitro groups is 1. The molecule has 1 aliphatic heterocycles. The van der Waals surface area contributed by atoms with Gasteiger partial charge in [-0.25, -0.2) is 0 Å². The maximum absolute atomic E-state index is 11.4. The Morgan fingerprint density at radius 2 is 2.05 bits per heavy atom. The summed E-state index contributed by atoms with van der Waals surface area (Å²) in [4.78, 5) is 13.1. The van der Waals surface area contributed by atoms with Crippen LogP contribution in [0.25, 0.3) is 0 Å².